The molecule has 3 N–H and O–H groups in total. The lowest BCUT2D eigenvalue weighted by Gasteiger charge is -2.05. The monoisotopic (exact) mass is 396 g/mol. The van der Waals surface area contributed by atoms with Crippen LogP contribution in [0.15, 0.2) is 46.9 Å². The van der Waals surface area contributed by atoms with Gasteiger partial charge in [-0.1, -0.05) is 0 Å². The Balaban J connectivity index is 1.89. The van der Waals surface area contributed by atoms with Gasteiger partial charge in [0.25, 0.3) is 5.91 Å². The third kappa shape index (κ3) is 2.85. The molecule has 3 aromatic rings. The number of hydrogen-bond acceptors (Lipinski definition) is 3. The maximum absolute atomic E-state index is 13.0. The van der Waals surface area contributed by atoms with E-state index in [2.05, 4.69) is 5.32 Å². The molecule has 0 radical (unpaired) electrons. The van der Waals surface area contributed by atoms with E-state index < -0.39 is 5.91 Å². The van der Waals surface area contributed by atoms with Gasteiger partial charge in [-0.3, -0.25) is 4.79 Å². The first-order valence-corrected chi connectivity index (χ1v) is 7.16. The van der Waals surface area contributed by atoms with Crippen molar-refractivity contribution in [3.05, 3.63) is 57.6 Å². The van der Waals surface area contributed by atoms with E-state index in [-0.39, 0.29) is 11.6 Å². The Bertz CT molecular complexity index is 845. The van der Waals surface area contributed by atoms with Crippen molar-refractivity contribution < 1.29 is 13.6 Å². The minimum atomic E-state index is -0.394. The number of carbonyl (C=O) groups excluding carboxylic acids is 1. The molecular weight excluding hydrogens is 386 g/mol. The molecule has 106 valence electrons. The van der Waals surface area contributed by atoms with Crippen LogP contribution in [0, 0.1) is 9.39 Å². The van der Waals surface area contributed by atoms with Crippen molar-refractivity contribution in [1.29, 1.82) is 0 Å². The molecule has 0 aliphatic heterocycles. The summed E-state index contributed by atoms with van der Waals surface area (Å²) in [6, 6.07) is 10.9. The Morgan fingerprint density at radius 2 is 2.00 bits per heavy atom. The molecule has 6 heteroatoms. The van der Waals surface area contributed by atoms with Crippen LogP contribution in [0.3, 0.4) is 0 Å². The number of benzene rings is 2. The number of carbonyl (C=O) groups is 1. The summed E-state index contributed by atoms with van der Waals surface area (Å²) in [7, 11) is 0. The summed E-state index contributed by atoms with van der Waals surface area (Å²) in [6.07, 6.45) is 0. The molecule has 21 heavy (non-hydrogen) atoms. The van der Waals surface area contributed by atoms with E-state index in [1.807, 2.05) is 22.6 Å². The molecule has 3 rings (SSSR count). The van der Waals surface area contributed by atoms with Gasteiger partial charge >= 0.3 is 0 Å². The van der Waals surface area contributed by atoms with Crippen LogP contribution in [0.25, 0.3) is 11.0 Å². The van der Waals surface area contributed by atoms with Crippen molar-refractivity contribution in [1.82, 2.24) is 0 Å². The largest absolute Gasteiger partial charge is 0.451 e. The van der Waals surface area contributed by atoms with E-state index in [0.717, 1.165) is 5.39 Å². The zero-order chi connectivity index (χ0) is 15.0. The van der Waals surface area contributed by atoms with Gasteiger partial charge < -0.3 is 15.5 Å². The highest BCUT2D eigenvalue weighted by Gasteiger charge is 2.14. The second-order valence-corrected chi connectivity index (χ2v) is 5.65. The topological polar surface area (TPSA) is 68.3 Å². The predicted octanol–water partition coefficient (Wildman–Crippen LogP) is 4.01. The highest BCUT2D eigenvalue weighted by molar-refractivity contribution is 14.1. The Hall–Kier alpha value is -2.09. The van der Waals surface area contributed by atoms with E-state index >= 15 is 0 Å². The lowest BCUT2D eigenvalue weighted by Crippen LogP contribution is -2.11. The van der Waals surface area contributed by atoms with Crippen LogP contribution < -0.4 is 11.1 Å². The summed E-state index contributed by atoms with van der Waals surface area (Å²) < 4.78 is 19.1. The second-order valence-electron chi connectivity index (χ2n) is 4.49. The van der Waals surface area contributed by atoms with Gasteiger partial charge in [0.15, 0.2) is 5.76 Å². The Kier molecular flexibility index (Phi) is 3.54. The Labute approximate surface area is 133 Å². The van der Waals surface area contributed by atoms with Gasteiger partial charge in [-0.25, -0.2) is 4.39 Å². The van der Waals surface area contributed by atoms with E-state index in [0.29, 0.717) is 20.5 Å². The standard InChI is InChI=1S/C15H10FIN2O2/c16-9-1-3-12(11(17)7-9)19-15(20)14-6-8-5-10(18)2-4-13(8)21-14/h1-7H,18H2,(H,19,20). The molecule has 0 aliphatic carbocycles. The van der Waals surface area contributed by atoms with Gasteiger partial charge in [0, 0.05) is 14.6 Å². The predicted molar refractivity (Wildman–Crippen MR) is 87.7 cm³/mol. The molecule has 1 aromatic heterocycles. The van der Waals surface area contributed by atoms with Crippen molar-refractivity contribution in [3.8, 4) is 0 Å². The molecule has 2 aromatic carbocycles. The maximum Gasteiger partial charge on any atom is 0.291 e. The summed E-state index contributed by atoms with van der Waals surface area (Å²) in [5.41, 5.74) is 7.40. The molecule has 0 bridgehead atoms. The van der Waals surface area contributed by atoms with E-state index in [1.165, 1.54) is 18.2 Å². The van der Waals surface area contributed by atoms with Crippen molar-refractivity contribution >= 4 is 50.8 Å². The number of hydrogen-bond donors (Lipinski definition) is 2. The molecule has 0 spiro atoms. The molecule has 0 aliphatic rings. The molecule has 0 atom stereocenters. The number of furan rings is 1. The number of amides is 1. The van der Waals surface area contributed by atoms with Crippen molar-refractivity contribution in [2.75, 3.05) is 11.1 Å². The molecular formula is C15H10FIN2O2. The van der Waals surface area contributed by atoms with Gasteiger partial charge in [-0.15, -0.1) is 0 Å². The van der Waals surface area contributed by atoms with E-state index in [1.54, 1.807) is 24.3 Å². The van der Waals surface area contributed by atoms with Crippen molar-refractivity contribution in [3.63, 3.8) is 0 Å². The third-order valence-electron chi connectivity index (χ3n) is 2.94. The van der Waals surface area contributed by atoms with Gasteiger partial charge in [0.05, 0.1) is 5.69 Å². The minimum absolute atomic E-state index is 0.177. The molecule has 4 nitrogen and oxygen atoms in total. The van der Waals surface area contributed by atoms with Gasteiger partial charge in [-0.2, -0.15) is 0 Å². The van der Waals surface area contributed by atoms with Crippen LogP contribution in [-0.2, 0) is 0 Å². The second kappa shape index (κ2) is 5.36. The first kappa shape index (κ1) is 13.9. The number of rotatable bonds is 2. The first-order valence-electron chi connectivity index (χ1n) is 6.08. The number of halogens is 2. The SMILES string of the molecule is Nc1ccc2oc(C(=O)Nc3ccc(F)cc3I)cc2c1. The zero-order valence-electron chi connectivity index (χ0n) is 10.7. The van der Waals surface area contributed by atoms with E-state index in [4.69, 9.17) is 10.2 Å². The van der Waals surface area contributed by atoms with Crippen molar-refractivity contribution in [2.45, 2.75) is 0 Å². The average molecular weight is 396 g/mol. The summed E-state index contributed by atoms with van der Waals surface area (Å²) in [4.78, 5) is 12.2. The quantitative estimate of drug-likeness (QED) is 0.508. The fourth-order valence-corrected chi connectivity index (χ4v) is 2.56. The van der Waals surface area contributed by atoms with E-state index in [9.17, 15) is 9.18 Å². The summed E-state index contributed by atoms with van der Waals surface area (Å²) in [5.74, 6) is -0.568. The fraction of sp³-hybridized carbons (Fsp3) is 0. The Morgan fingerprint density at radius 1 is 1.19 bits per heavy atom. The van der Waals surface area contributed by atoms with Gasteiger partial charge in [0.2, 0.25) is 0 Å². The minimum Gasteiger partial charge on any atom is -0.451 e. The number of anilines is 2. The first-order chi connectivity index (χ1) is 10.0. The average Bonchev–Trinajstić information content (AvgIpc) is 2.85. The maximum atomic E-state index is 13.0. The summed E-state index contributed by atoms with van der Waals surface area (Å²) in [6.45, 7) is 0. The zero-order valence-corrected chi connectivity index (χ0v) is 12.8. The fourth-order valence-electron chi connectivity index (χ4n) is 1.95. The van der Waals surface area contributed by atoms with Crippen LogP contribution in [0.5, 0.6) is 0 Å². The molecule has 0 saturated heterocycles. The van der Waals surface area contributed by atoms with Crippen LogP contribution in [0.1, 0.15) is 10.6 Å². The summed E-state index contributed by atoms with van der Waals surface area (Å²) in [5, 5.41) is 3.45. The number of nitrogen functional groups attached to an aromatic ring is 1. The Morgan fingerprint density at radius 3 is 2.76 bits per heavy atom. The molecule has 1 heterocycles. The van der Waals surface area contributed by atoms with Crippen LogP contribution in [0.2, 0.25) is 0 Å². The molecule has 0 fully saturated rings. The number of fused-ring (bicyclic) bond motifs is 1. The molecule has 0 unspecified atom stereocenters. The van der Waals surface area contributed by atoms with Crippen LogP contribution >= 0.6 is 22.6 Å². The third-order valence-corrected chi connectivity index (χ3v) is 3.84. The highest BCUT2D eigenvalue weighted by Crippen LogP contribution is 2.24. The van der Waals surface area contributed by atoms with Crippen molar-refractivity contribution in [2.24, 2.45) is 0 Å². The van der Waals surface area contributed by atoms with Gasteiger partial charge in [-0.05, 0) is 65.1 Å². The normalized spacial score (nSPS) is 10.8. The number of nitrogens with one attached hydrogen (secondary N) is 1. The summed E-state index contributed by atoms with van der Waals surface area (Å²) >= 11 is 1.96. The molecule has 0 saturated carbocycles. The smallest absolute Gasteiger partial charge is 0.291 e. The lowest BCUT2D eigenvalue weighted by molar-refractivity contribution is 0.0998. The number of nitrogens with two attached hydrogens (primary N) is 1. The van der Waals surface area contributed by atoms with Gasteiger partial charge in [0.1, 0.15) is 11.4 Å². The van der Waals surface area contributed by atoms with Crippen LogP contribution in [-0.4, -0.2) is 5.91 Å². The highest BCUT2D eigenvalue weighted by atomic mass is 127. The molecule has 1 amide bonds. The lowest BCUT2D eigenvalue weighted by atomic mass is 10.2. The van der Waals surface area contributed by atoms with Crippen LogP contribution in [0.4, 0.5) is 15.8 Å².